The molecule has 2 nitrogen and oxygen atoms in total. The summed E-state index contributed by atoms with van der Waals surface area (Å²) in [6.45, 7) is 2.07. The first-order valence-electron chi connectivity index (χ1n) is 6.70. The largest absolute Gasteiger partial charge is 0.456 e. The Morgan fingerprint density at radius 2 is 1.75 bits per heavy atom. The van der Waals surface area contributed by atoms with Crippen LogP contribution in [0.2, 0.25) is 0 Å². The lowest BCUT2D eigenvalue weighted by Gasteiger charge is -2.17. The smallest absolute Gasteiger partial charge is 0.307 e. The maximum Gasteiger partial charge on any atom is 0.307 e. The summed E-state index contributed by atoms with van der Waals surface area (Å²) in [7, 11) is 0. The number of carbonyl (C=O) groups excluding carboxylic acids is 1. The van der Waals surface area contributed by atoms with Crippen LogP contribution in [0, 0.1) is 6.92 Å². The van der Waals surface area contributed by atoms with Crippen molar-refractivity contribution in [3.63, 3.8) is 0 Å². The molecule has 0 aliphatic carbocycles. The van der Waals surface area contributed by atoms with Crippen molar-refractivity contribution in [1.29, 1.82) is 0 Å². The van der Waals surface area contributed by atoms with E-state index in [0.29, 0.717) is 6.42 Å². The van der Waals surface area contributed by atoms with Gasteiger partial charge in [0.25, 0.3) is 0 Å². The van der Waals surface area contributed by atoms with Crippen molar-refractivity contribution in [1.82, 2.24) is 0 Å². The first-order chi connectivity index (χ1) is 9.72. The van der Waals surface area contributed by atoms with E-state index in [1.807, 2.05) is 30.3 Å². The second-order valence-electron chi connectivity index (χ2n) is 4.99. The summed E-state index contributed by atoms with van der Waals surface area (Å²) in [4.78, 5) is 12.8. The van der Waals surface area contributed by atoms with E-state index in [-0.39, 0.29) is 17.3 Å². The standard InChI is InChI=1S/C17H16O2S/c1-12-7-9-14(10-8-12)20-15-11-16(18)19-17(15)13-5-3-2-4-6-13/h2-10,15,17H,11H2,1H3/t15-,17-/m0/s1. The van der Waals surface area contributed by atoms with E-state index in [1.165, 1.54) is 10.5 Å². The van der Waals surface area contributed by atoms with E-state index in [4.69, 9.17) is 4.74 Å². The average molecular weight is 284 g/mol. The van der Waals surface area contributed by atoms with E-state index in [0.717, 1.165) is 5.56 Å². The Morgan fingerprint density at radius 1 is 1.05 bits per heavy atom. The van der Waals surface area contributed by atoms with Crippen molar-refractivity contribution in [2.75, 3.05) is 0 Å². The molecule has 0 N–H and O–H groups in total. The lowest BCUT2D eigenvalue weighted by molar-refractivity contribution is -0.141. The van der Waals surface area contributed by atoms with Crippen LogP contribution in [0.25, 0.3) is 0 Å². The van der Waals surface area contributed by atoms with Gasteiger partial charge in [-0.2, -0.15) is 0 Å². The fourth-order valence-corrected chi connectivity index (χ4v) is 3.56. The molecule has 3 rings (SSSR count). The lowest BCUT2D eigenvalue weighted by Crippen LogP contribution is -2.09. The van der Waals surface area contributed by atoms with Gasteiger partial charge in [-0.25, -0.2) is 0 Å². The lowest BCUT2D eigenvalue weighted by atomic mass is 10.1. The quantitative estimate of drug-likeness (QED) is 0.792. The summed E-state index contributed by atoms with van der Waals surface area (Å²) in [6.07, 6.45) is 0.327. The number of thioether (sulfide) groups is 1. The third-order valence-electron chi connectivity index (χ3n) is 3.40. The van der Waals surface area contributed by atoms with Gasteiger partial charge >= 0.3 is 5.97 Å². The highest BCUT2D eigenvalue weighted by atomic mass is 32.2. The molecular weight excluding hydrogens is 268 g/mol. The second-order valence-corrected chi connectivity index (χ2v) is 6.31. The van der Waals surface area contributed by atoms with Crippen LogP contribution in [0.5, 0.6) is 0 Å². The Hall–Kier alpha value is -1.74. The molecule has 2 aromatic rings. The predicted octanol–water partition coefficient (Wildman–Crippen LogP) is 4.14. The van der Waals surface area contributed by atoms with Gasteiger partial charge in [-0.1, -0.05) is 48.0 Å². The number of aryl methyl sites for hydroxylation is 1. The van der Waals surface area contributed by atoms with Gasteiger partial charge in [0.15, 0.2) is 0 Å². The molecule has 0 aromatic heterocycles. The zero-order valence-electron chi connectivity index (χ0n) is 11.3. The molecule has 20 heavy (non-hydrogen) atoms. The van der Waals surface area contributed by atoms with Crippen LogP contribution in [0.3, 0.4) is 0 Å². The first-order valence-corrected chi connectivity index (χ1v) is 7.58. The third-order valence-corrected chi connectivity index (χ3v) is 4.66. The number of esters is 1. The van der Waals surface area contributed by atoms with Crippen molar-refractivity contribution >= 4 is 17.7 Å². The molecule has 0 bridgehead atoms. The van der Waals surface area contributed by atoms with Crippen LogP contribution in [-0.2, 0) is 9.53 Å². The van der Waals surface area contributed by atoms with Crippen molar-refractivity contribution < 1.29 is 9.53 Å². The fraction of sp³-hybridized carbons (Fsp3) is 0.235. The topological polar surface area (TPSA) is 26.3 Å². The highest BCUT2D eigenvalue weighted by molar-refractivity contribution is 8.00. The molecule has 3 heteroatoms. The maximum atomic E-state index is 11.6. The van der Waals surface area contributed by atoms with E-state index >= 15 is 0 Å². The van der Waals surface area contributed by atoms with E-state index in [1.54, 1.807) is 11.8 Å². The summed E-state index contributed by atoms with van der Waals surface area (Å²) in [5.41, 5.74) is 2.32. The number of ether oxygens (including phenoxy) is 1. The third kappa shape index (κ3) is 2.88. The Morgan fingerprint density at radius 3 is 2.45 bits per heavy atom. The number of carbonyl (C=O) groups is 1. The van der Waals surface area contributed by atoms with Gasteiger partial charge in [-0.3, -0.25) is 4.79 Å². The molecule has 2 aromatic carbocycles. The van der Waals surface area contributed by atoms with Crippen LogP contribution in [0.15, 0.2) is 59.5 Å². The van der Waals surface area contributed by atoms with Crippen LogP contribution >= 0.6 is 11.8 Å². The number of cyclic esters (lactones) is 1. The van der Waals surface area contributed by atoms with Gasteiger partial charge in [-0.15, -0.1) is 11.8 Å². The molecular formula is C17H16O2S. The summed E-state index contributed by atoms with van der Waals surface area (Å²) in [6, 6.07) is 18.4. The summed E-state index contributed by atoms with van der Waals surface area (Å²) in [5.74, 6) is -0.108. The Kier molecular flexibility index (Phi) is 3.79. The van der Waals surface area contributed by atoms with Crippen molar-refractivity contribution in [3.8, 4) is 0 Å². The zero-order chi connectivity index (χ0) is 13.9. The molecule has 2 atom stereocenters. The van der Waals surface area contributed by atoms with Gasteiger partial charge in [-0.05, 0) is 24.6 Å². The van der Waals surface area contributed by atoms with Crippen LogP contribution in [0.4, 0.5) is 0 Å². The highest BCUT2D eigenvalue weighted by Crippen LogP contribution is 2.41. The minimum atomic E-state index is -0.144. The number of benzene rings is 2. The molecule has 1 saturated heterocycles. The van der Waals surface area contributed by atoms with Gasteiger partial charge in [0.1, 0.15) is 6.10 Å². The highest BCUT2D eigenvalue weighted by Gasteiger charge is 2.36. The van der Waals surface area contributed by atoms with Gasteiger partial charge in [0.05, 0.1) is 11.7 Å². The summed E-state index contributed by atoms with van der Waals surface area (Å²) in [5, 5.41) is 0.146. The van der Waals surface area contributed by atoms with E-state index in [2.05, 4.69) is 31.2 Å². The second kappa shape index (κ2) is 5.71. The molecule has 1 heterocycles. The number of hydrogen-bond donors (Lipinski definition) is 0. The molecule has 1 aliphatic rings. The molecule has 1 aliphatic heterocycles. The SMILES string of the molecule is Cc1ccc(S[C@H]2CC(=O)O[C@H]2c2ccccc2)cc1. The van der Waals surface area contributed by atoms with Gasteiger partial charge < -0.3 is 4.74 Å². The molecule has 0 spiro atoms. The van der Waals surface area contributed by atoms with Crippen molar-refractivity contribution in [2.45, 2.75) is 29.6 Å². The molecule has 0 amide bonds. The van der Waals surface area contributed by atoms with Crippen LogP contribution < -0.4 is 0 Å². The summed E-state index contributed by atoms with van der Waals surface area (Å²) < 4.78 is 5.50. The van der Waals surface area contributed by atoms with Gasteiger partial charge in [0, 0.05) is 4.90 Å². The molecule has 0 saturated carbocycles. The fourth-order valence-electron chi connectivity index (χ4n) is 2.36. The van der Waals surface area contributed by atoms with Crippen molar-refractivity contribution in [2.24, 2.45) is 0 Å². The monoisotopic (exact) mass is 284 g/mol. The Balaban J connectivity index is 1.80. The van der Waals surface area contributed by atoms with Gasteiger partial charge in [0.2, 0.25) is 0 Å². The Bertz CT molecular complexity index is 592. The van der Waals surface area contributed by atoms with Crippen LogP contribution in [0.1, 0.15) is 23.7 Å². The average Bonchev–Trinajstić information content (AvgIpc) is 2.83. The molecule has 0 unspecified atom stereocenters. The van der Waals surface area contributed by atoms with E-state index in [9.17, 15) is 4.79 Å². The van der Waals surface area contributed by atoms with Crippen molar-refractivity contribution in [3.05, 3.63) is 65.7 Å². The summed E-state index contributed by atoms with van der Waals surface area (Å²) >= 11 is 1.72. The van der Waals surface area contributed by atoms with E-state index < -0.39 is 0 Å². The van der Waals surface area contributed by atoms with Crippen LogP contribution in [-0.4, -0.2) is 11.2 Å². The maximum absolute atomic E-state index is 11.6. The Labute approximate surface area is 123 Å². The minimum Gasteiger partial charge on any atom is -0.456 e. The molecule has 1 fully saturated rings. The zero-order valence-corrected chi connectivity index (χ0v) is 12.1. The minimum absolute atomic E-state index is 0.108. The number of hydrogen-bond acceptors (Lipinski definition) is 3. The normalized spacial score (nSPS) is 21.8. The first kappa shape index (κ1) is 13.3. The molecule has 0 radical (unpaired) electrons. The number of rotatable bonds is 3. The molecule has 102 valence electrons. The predicted molar refractivity (Wildman–Crippen MR) is 80.7 cm³/mol.